The van der Waals surface area contributed by atoms with E-state index in [2.05, 4.69) is 22.5 Å². The lowest BCUT2D eigenvalue weighted by atomic mass is 9.80. The third-order valence-electron chi connectivity index (χ3n) is 8.87. The Bertz CT molecular complexity index is 1730. The Morgan fingerprint density at radius 3 is 2.50 bits per heavy atom. The number of nitrogens with zero attached hydrogens (tertiary/aromatic N) is 4. The molecule has 3 heterocycles. The van der Waals surface area contributed by atoms with Gasteiger partial charge < -0.3 is 20.1 Å². The molecule has 0 bridgehead atoms. The number of pyridine rings is 2. The van der Waals surface area contributed by atoms with Gasteiger partial charge in [-0.1, -0.05) is 12.5 Å². The molecular formula is C33H34F2N6O3. The van der Waals surface area contributed by atoms with Gasteiger partial charge >= 0.3 is 0 Å². The molecular weight excluding hydrogens is 566 g/mol. The van der Waals surface area contributed by atoms with Gasteiger partial charge in [0.05, 0.1) is 24.7 Å². The highest BCUT2D eigenvalue weighted by Gasteiger charge is 2.46. The molecule has 2 aliphatic carbocycles. The molecule has 0 unspecified atom stereocenters. The van der Waals surface area contributed by atoms with Crippen LogP contribution in [0.5, 0.6) is 0 Å². The summed E-state index contributed by atoms with van der Waals surface area (Å²) < 4.78 is 28.6. The maximum atomic E-state index is 13.6. The van der Waals surface area contributed by atoms with Gasteiger partial charge in [-0.05, 0) is 85.5 Å². The van der Waals surface area contributed by atoms with Crippen LogP contribution in [0.1, 0.15) is 82.5 Å². The highest BCUT2D eigenvalue weighted by molar-refractivity contribution is 6.05. The number of carbonyl (C=O) groups is 2. The molecule has 1 atom stereocenters. The third kappa shape index (κ3) is 6.13. The second-order valence-electron chi connectivity index (χ2n) is 12.3. The Morgan fingerprint density at radius 1 is 1.11 bits per heavy atom. The zero-order chi connectivity index (χ0) is 31.2. The monoisotopic (exact) mass is 600 g/mol. The number of hydrogen-bond acceptors (Lipinski definition) is 6. The Hall–Kier alpha value is -4.43. The number of halogens is 2. The van der Waals surface area contributed by atoms with Crippen molar-refractivity contribution in [3.05, 3.63) is 80.9 Å². The normalized spacial score (nSPS) is 18.1. The Labute approximate surface area is 253 Å². The summed E-state index contributed by atoms with van der Waals surface area (Å²) >= 11 is 0. The minimum atomic E-state index is -2.94. The van der Waals surface area contributed by atoms with E-state index in [1.165, 1.54) is 29.9 Å². The second kappa shape index (κ2) is 11.6. The molecule has 2 N–H and O–H groups in total. The molecule has 9 nitrogen and oxygen atoms in total. The van der Waals surface area contributed by atoms with E-state index in [4.69, 9.17) is 0 Å². The van der Waals surface area contributed by atoms with Crippen molar-refractivity contribution in [2.45, 2.75) is 63.5 Å². The number of aromatic nitrogens is 2. The number of nitrogens with one attached hydrogen (secondary N) is 2. The minimum Gasteiger partial charge on any atom is -0.326 e. The largest absolute Gasteiger partial charge is 0.326 e. The third-order valence-corrected chi connectivity index (χ3v) is 8.87. The molecule has 1 aromatic carbocycles. The Kier molecular flexibility index (Phi) is 7.80. The SMILES string of the molecule is C[C@H](NCc1cc(C(=O)Nc2cc(-c3ccc(C#N)cc3C(=O)N3CC(F)(F)C3)cc(C3CC3)n2)c(=O)n(C)c1)C1CCC1. The molecule has 2 aromatic heterocycles. The van der Waals surface area contributed by atoms with E-state index in [9.17, 15) is 28.4 Å². The number of aryl methyl sites for hydroxylation is 1. The van der Waals surface area contributed by atoms with E-state index in [0.29, 0.717) is 35.3 Å². The highest BCUT2D eigenvalue weighted by atomic mass is 19.3. The van der Waals surface area contributed by atoms with Crippen molar-refractivity contribution in [3.8, 4) is 17.2 Å². The van der Waals surface area contributed by atoms with Gasteiger partial charge in [0.2, 0.25) is 0 Å². The number of likely N-dealkylation sites (tertiary alicyclic amines) is 1. The smallest absolute Gasteiger partial charge is 0.282 e. The van der Waals surface area contributed by atoms with E-state index in [1.54, 1.807) is 37.5 Å². The quantitative estimate of drug-likeness (QED) is 0.364. The zero-order valence-electron chi connectivity index (χ0n) is 24.7. The van der Waals surface area contributed by atoms with Crippen molar-refractivity contribution >= 4 is 17.6 Å². The molecule has 44 heavy (non-hydrogen) atoms. The molecule has 6 rings (SSSR count). The molecule has 11 heteroatoms. The van der Waals surface area contributed by atoms with Gasteiger partial charge in [-0.3, -0.25) is 14.4 Å². The number of alkyl halides is 2. The van der Waals surface area contributed by atoms with Gasteiger partial charge in [0.25, 0.3) is 23.3 Å². The van der Waals surface area contributed by atoms with Crippen molar-refractivity contribution in [2.24, 2.45) is 13.0 Å². The van der Waals surface area contributed by atoms with Gasteiger partial charge in [0.15, 0.2) is 0 Å². The summed E-state index contributed by atoms with van der Waals surface area (Å²) in [5.41, 5.74) is 2.39. The van der Waals surface area contributed by atoms with Crippen LogP contribution in [0.15, 0.2) is 47.4 Å². The number of nitriles is 1. The van der Waals surface area contributed by atoms with Crippen LogP contribution in [0.4, 0.5) is 14.6 Å². The fourth-order valence-electron chi connectivity index (χ4n) is 5.84. The molecule has 3 aromatic rings. The lowest BCUT2D eigenvalue weighted by Gasteiger charge is -2.39. The van der Waals surface area contributed by atoms with Crippen molar-refractivity contribution in [1.82, 2.24) is 19.8 Å². The van der Waals surface area contributed by atoms with Crippen LogP contribution in [0.25, 0.3) is 11.1 Å². The van der Waals surface area contributed by atoms with Gasteiger partial charge in [-0.2, -0.15) is 5.26 Å². The Balaban J connectivity index is 1.29. The van der Waals surface area contributed by atoms with E-state index < -0.39 is 36.4 Å². The van der Waals surface area contributed by atoms with Gasteiger partial charge in [-0.25, -0.2) is 13.8 Å². The zero-order valence-corrected chi connectivity index (χ0v) is 24.7. The van der Waals surface area contributed by atoms with Crippen LogP contribution >= 0.6 is 0 Å². The maximum absolute atomic E-state index is 13.6. The lowest BCUT2D eigenvalue weighted by molar-refractivity contribution is -0.113. The molecule has 0 spiro atoms. The lowest BCUT2D eigenvalue weighted by Crippen LogP contribution is -2.58. The maximum Gasteiger partial charge on any atom is 0.282 e. The summed E-state index contributed by atoms with van der Waals surface area (Å²) in [6.45, 7) is 1.30. The topological polar surface area (TPSA) is 120 Å². The molecule has 0 radical (unpaired) electrons. The number of hydrogen-bond donors (Lipinski definition) is 2. The van der Waals surface area contributed by atoms with Gasteiger partial charge in [0.1, 0.15) is 11.4 Å². The summed E-state index contributed by atoms with van der Waals surface area (Å²) in [5.74, 6) is -3.12. The number of carbonyl (C=O) groups excluding carboxylic acids is 2. The average Bonchev–Trinajstić information content (AvgIpc) is 3.80. The van der Waals surface area contributed by atoms with Crippen molar-refractivity contribution in [3.63, 3.8) is 0 Å². The predicted molar refractivity (Wildman–Crippen MR) is 160 cm³/mol. The molecule has 1 aliphatic heterocycles. The Morgan fingerprint density at radius 2 is 1.86 bits per heavy atom. The first-order valence-electron chi connectivity index (χ1n) is 15.0. The fraction of sp³-hybridized carbons (Fsp3) is 0.424. The summed E-state index contributed by atoms with van der Waals surface area (Å²) in [7, 11) is 1.61. The van der Waals surface area contributed by atoms with Crippen LogP contribution in [0.3, 0.4) is 0 Å². The second-order valence-corrected chi connectivity index (χ2v) is 12.3. The first-order chi connectivity index (χ1) is 21.0. The molecule has 2 amide bonds. The van der Waals surface area contributed by atoms with Crippen LogP contribution in [0.2, 0.25) is 0 Å². The standard InChI is InChI=1S/C33H34F2N6O3/c1-19(22-4-3-5-22)37-15-21-11-27(31(43)40(2)16-21)30(42)39-29-13-24(12-28(38-29)23-7-8-23)25-9-6-20(14-36)10-26(25)32(44)41-17-33(34,35)18-41/h6,9-13,16,19,22-23,37H,3-5,7-8,15,17-18H2,1-2H3,(H,38,39,42)/t19-/m0/s1. The van der Waals surface area contributed by atoms with Crippen molar-refractivity contribution in [1.29, 1.82) is 5.26 Å². The number of amides is 2. The summed E-state index contributed by atoms with van der Waals surface area (Å²) in [6.07, 6.45) is 7.22. The molecule has 1 saturated heterocycles. The average molecular weight is 601 g/mol. The number of rotatable bonds is 9. The highest BCUT2D eigenvalue weighted by Crippen LogP contribution is 2.41. The van der Waals surface area contributed by atoms with Crippen molar-refractivity contribution < 1.29 is 18.4 Å². The van der Waals surface area contributed by atoms with Crippen LogP contribution < -0.4 is 16.2 Å². The van der Waals surface area contributed by atoms with Crippen LogP contribution in [0, 0.1) is 17.2 Å². The van der Waals surface area contributed by atoms with E-state index in [-0.39, 0.29) is 28.4 Å². The van der Waals surface area contributed by atoms with Gasteiger partial charge in [-0.15, -0.1) is 0 Å². The van der Waals surface area contributed by atoms with Crippen LogP contribution in [-0.4, -0.2) is 51.3 Å². The van der Waals surface area contributed by atoms with Crippen LogP contribution in [-0.2, 0) is 13.6 Å². The van der Waals surface area contributed by atoms with Gasteiger partial charge in [0, 0.05) is 43.0 Å². The summed E-state index contributed by atoms with van der Waals surface area (Å²) in [4.78, 5) is 45.4. The first-order valence-corrected chi connectivity index (χ1v) is 15.0. The molecule has 228 valence electrons. The number of benzene rings is 1. The van der Waals surface area contributed by atoms with E-state index >= 15 is 0 Å². The molecule has 3 fully saturated rings. The van der Waals surface area contributed by atoms with E-state index in [1.807, 2.05) is 12.1 Å². The first kappa shape index (κ1) is 29.6. The molecule has 2 saturated carbocycles. The summed E-state index contributed by atoms with van der Waals surface area (Å²) in [6, 6.07) is 11.9. The van der Waals surface area contributed by atoms with E-state index in [0.717, 1.165) is 23.3 Å². The molecule has 3 aliphatic rings. The number of anilines is 1. The van der Waals surface area contributed by atoms with Crippen molar-refractivity contribution in [2.75, 3.05) is 18.4 Å². The minimum absolute atomic E-state index is 0.0174. The fourth-order valence-corrected chi connectivity index (χ4v) is 5.84. The summed E-state index contributed by atoms with van der Waals surface area (Å²) in [5, 5.41) is 15.7. The predicted octanol–water partition coefficient (Wildman–Crippen LogP) is 4.82.